The third-order valence-corrected chi connectivity index (χ3v) is 4.82. The van der Waals surface area contributed by atoms with Crippen LogP contribution in [0.4, 0.5) is 39.5 Å². The van der Waals surface area contributed by atoms with Crippen molar-refractivity contribution in [1.29, 1.82) is 0 Å². The van der Waals surface area contributed by atoms with Gasteiger partial charge in [0.25, 0.3) is 9.84 Å². The summed E-state index contributed by atoms with van der Waals surface area (Å²) in [4.78, 5) is 9.08. The average Bonchev–Trinajstić information content (AvgIpc) is 2.89. The van der Waals surface area contributed by atoms with E-state index in [9.17, 15) is 52.7 Å². The molecule has 146 valence electrons. The van der Waals surface area contributed by atoms with Gasteiger partial charge in [-0.15, -0.1) is 0 Å². The van der Waals surface area contributed by atoms with Crippen LogP contribution in [0.1, 0.15) is 6.92 Å². The molecule has 1 saturated heterocycles. The molecule has 1 aliphatic rings. The number of hydrogen-bond donors (Lipinski definition) is 1. The maximum Gasteiger partial charge on any atom is 0.460 e. The molecule has 5 nitrogen and oxygen atoms in total. The highest BCUT2D eigenvalue weighted by atomic mass is 32.2. The number of Topliss-reactive ketones (excluding diaryl/α,β-unsaturated/α-hetero) is 1. The molecule has 0 amide bonds. The summed E-state index contributed by atoms with van der Waals surface area (Å²) < 4.78 is 143. The van der Waals surface area contributed by atoms with Gasteiger partial charge in [-0.25, -0.2) is 8.42 Å². The van der Waals surface area contributed by atoms with Gasteiger partial charge in [0.05, 0.1) is 6.54 Å². The van der Waals surface area contributed by atoms with Crippen LogP contribution in [0.2, 0.25) is 0 Å². The molecule has 1 heterocycles. The zero-order valence-electron chi connectivity index (χ0n) is 11.9. The molecule has 1 N–H and O–H groups in total. The van der Waals surface area contributed by atoms with Crippen LogP contribution in [0.15, 0.2) is 10.8 Å². The molecule has 0 aromatic carbocycles. The van der Waals surface area contributed by atoms with Crippen LogP contribution >= 0.6 is 0 Å². The molecule has 0 bridgehead atoms. The highest BCUT2D eigenvalue weighted by Gasteiger charge is 2.85. The van der Waals surface area contributed by atoms with E-state index in [1.165, 1.54) is 0 Å². The van der Waals surface area contributed by atoms with Crippen LogP contribution in [-0.2, 0) is 19.4 Å². The number of hydrogen-bond acceptors (Lipinski definition) is 5. The van der Waals surface area contributed by atoms with Gasteiger partial charge in [0.15, 0.2) is 10.7 Å². The number of nitrogens with one attached hydrogen (secondary N) is 1. The number of rotatable bonds is 5. The third-order valence-electron chi connectivity index (χ3n) is 2.88. The molecule has 0 spiro atoms. The number of carbonyl (C=O) groups is 1. The van der Waals surface area contributed by atoms with Crippen molar-refractivity contribution in [3.05, 3.63) is 10.8 Å². The summed E-state index contributed by atoms with van der Waals surface area (Å²) in [6.07, 6.45) is -7.19. The molecule has 0 aromatic heterocycles. The van der Waals surface area contributed by atoms with Gasteiger partial charge in [0.2, 0.25) is 5.88 Å². The van der Waals surface area contributed by atoms with E-state index in [0.29, 0.717) is 6.92 Å². The Morgan fingerprint density at radius 3 is 1.80 bits per heavy atom. The molecule has 0 radical (unpaired) electrons. The van der Waals surface area contributed by atoms with Gasteiger partial charge in [0, 0.05) is 6.92 Å². The molecule has 0 aromatic rings. The van der Waals surface area contributed by atoms with E-state index in [1.54, 1.807) is 0 Å². The standard InChI is InChI=1S/C10H8F9NO4S/c1-4(21)5(6-20-2-3-24-6)25(22,23)10(18,19)8(13,14)7(11,12)9(15,16)17/h20H,2-3H2,1H3/b6-5-. The number of alkyl halides is 9. The average molecular weight is 409 g/mol. The number of ketones is 1. The van der Waals surface area contributed by atoms with E-state index in [0.717, 1.165) is 0 Å². The highest BCUT2D eigenvalue weighted by Crippen LogP contribution is 2.55. The minimum Gasteiger partial charge on any atom is -0.476 e. The van der Waals surface area contributed by atoms with E-state index in [1.807, 2.05) is 5.32 Å². The summed E-state index contributed by atoms with van der Waals surface area (Å²) in [5.74, 6) is -17.9. The fourth-order valence-electron chi connectivity index (χ4n) is 1.64. The van der Waals surface area contributed by atoms with Gasteiger partial charge in [-0.3, -0.25) is 4.79 Å². The Bertz CT molecular complexity index is 688. The largest absolute Gasteiger partial charge is 0.476 e. The number of ether oxygens (including phenoxy) is 1. The van der Waals surface area contributed by atoms with Gasteiger partial charge >= 0.3 is 23.3 Å². The summed E-state index contributed by atoms with van der Waals surface area (Å²) in [7, 11) is -7.01. The van der Waals surface area contributed by atoms with Crippen molar-refractivity contribution in [3.63, 3.8) is 0 Å². The maximum absolute atomic E-state index is 13.7. The lowest BCUT2D eigenvalue weighted by atomic mass is 10.1. The summed E-state index contributed by atoms with van der Waals surface area (Å²) in [6.45, 7) is -0.371. The second-order valence-electron chi connectivity index (χ2n) is 4.66. The lowest BCUT2D eigenvalue weighted by Gasteiger charge is -2.33. The first kappa shape index (κ1) is 21.4. The van der Waals surface area contributed by atoms with Gasteiger partial charge in [-0.2, -0.15) is 39.5 Å². The number of carbonyl (C=O) groups excluding carboxylic acids is 1. The van der Waals surface area contributed by atoms with Crippen molar-refractivity contribution in [2.24, 2.45) is 0 Å². The first-order valence-electron chi connectivity index (χ1n) is 5.99. The highest BCUT2D eigenvalue weighted by molar-refractivity contribution is 7.97. The van der Waals surface area contributed by atoms with Crippen LogP contribution in [0.5, 0.6) is 0 Å². The summed E-state index contributed by atoms with van der Waals surface area (Å²) in [6, 6.07) is 0. The fraction of sp³-hybridized carbons (Fsp3) is 0.700. The van der Waals surface area contributed by atoms with E-state index < -0.39 is 56.3 Å². The predicted molar refractivity (Wildman–Crippen MR) is 61.5 cm³/mol. The van der Waals surface area contributed by atoms with Crippen molar-refractivity contribution in [3.8, 4) is 0 Å². The van der Waals surface area contributed by atoms with Crippen LogP contribution < -0.4 is 5.32 Å². The van der Waals surface area contributed by atoms with Crippen LogP contribution in [0, 0.1) is 0 Å². The van der Waals surface area contributed by atoms with Crippen molar-refractivity contribution in [2.45, 2.75) is 30.2 Å². The van der Waals surface area contributed by atoms with Gasteiger partial charge in [-0.1, -0.05) is 0 Å². The lowest BCUT2D eigenvalue weighted by molar-refractivity contribution is -0.382. The SMILES string of the molecule is CC(=O)/C(=C1\NCCO1)S(=O)(=O)C(F)(F)C(F)(F)C(F)(F)C(F)(F)F. The Morgan fingerprint density at radius 1 is 1.00 bits per heavy atom. The lowest BCUT2D eigenvalue weighted by Crippen LogP contribution is -2.63. The topological polar surface area (TPSA) is 72.5 Å². The molecular weight excluding hydrogens is 401 g/mol. The quantitative estimate of drug-likeness (QED) is 0.557. The van der Waals surface area contributed by atoms with E-state index in [-0.39, 0.29) is 6.54 Å². The van der Waals surface area contributed by atoms with Crippen LogP contribution in [-0.4, -0.2) is 50.6 Å². The molecule has 0 atom stereocenters. The second-order valence-corrected chi connectivity index (χ2v) is 6.58. The Balaban J connectivity index is 3.64. The van der Waals surface area contributed by atoms with E-state index >= 15 is 0 Å². The van der Waals surface area contributed by atoms with Crippen molar-refractivity contribution < 1.29 is 57.5 Å². The first-order chi connectivity index (χ1) is 10.9. The summed E-state index contributed by atoms with van der Waals surface area (Å²) in [5, 5.41) is -5.08. The number of sulfone groups is 1. The van der Waals surface area contributed by atoms with Crippen molar-refractivity contribution in [2.75, 3.05) is 13.2 Å². The van der Waals surface area contributed by atoms with Gasteiger partial charge in [0.1, 0.15) is 6.61 Å². The first-order valence-corrected chi connectivity index (χ1v) is 7.48. The van der Waals surface area contributed by atoms with E-state index in [4.69, 9.17) is 0 Å². The Labute approximate surface area is 133 Å². The zero-order valence-corrected chi connectivity index (χ0v) is 12.7. The van der Waals surface area contributed by atoms with Crippen molar-refractivity contribution >= 4 is 15.6 Å². The molecule has 25 heavy (non-hydrogen) atoms. The Hall–Kier alpha value is -1.67. The monoisotopic (exact) mass is 409 g/mol. The number of allylic oxidation sites excluding steroid dienone is 1. The molecule has 1 fully saturated rings. The Kier molecular flexibility index (Phi) is 5.08. The molecule has 1 rings (SSSR count). The Morgan fingerprint density at radius 2 is 1.48 bits per heavy atom. The molecule has 0 unspecified atom stereocenters. The molecule has 0 aliphatic carbocycles. The minimum atomic E-state index is -7.42. The van der Waals surface area contributed by atoms with Gasteiger partial charge in [-0.05, 0) is 0 Å². The van der Waals surface area contributed by atoms with E-state index in [2.05, 4.69) is 4.74 Å². The van der Waals surface area contributed by atoms with Crippen molar-refractivity contribution in [1.82, 2.24) is 5.32 Å². The maximum atomic E-state index is 13.7. The predicted octanol–water partition coefficient (Wildman–Crippen LogP) is 2.20. The fourth-order valence-corrected chi connectivity index (χ4v) is 3.12. The summed E-state index contributed by atoms with van der Waals surface area (Å²) >= 11 is 0. The molecule has 15 heteroatoms. The third kappa shape index (κ3) is 3.01. The molecular formula is C10H8F9NO4S. The van der Waals surface area contributed by atoms with Gasteiger partial charge < -0.3 is 10.1 Å². The number of halogens is 9. The minimum absolute atomic E-state index is 0.262. The summed E-state index contributed by atoms with van der Waals surface area (Å²) in [5.41, 5.74) is 0. The normalized spacial score (nSPS) is 19.3. The molecule has 1 aliphatic heterocycles. The van der Waals surface area contributed by atoms with Crippen LogP contribution in [0.3, 0.4) is 0 Å². The van der Waals surface area contributed by atoms with Crippen LogP contribution in [0.25, 0.3) is 0 Å². The molecule has 0 saturated carbocycles. The smallest absolute Gasteiger partial charge is 0.460 e. The zero-order chi connectivity index (χ0) is 20.1. The second kappa shape index (κ2) is 5.95.